The van der Waals surface area contributed by atoms with Crippen molar-refractivity contribution in [2.24, 2.45) is 5.84 Å². The molecule has 0 aliphatic heterocycles. The number of carbonyl (C=O) groups is 1. The van der Waals surface area contributed by atoms with Crippen LogP contribution in [-0.4, -0.2) is 31.4 Å². The van der Waals surface area contributed by atoms with Crippen LogP contribution in [0.3, 0.4) is 0 Å². The highest BCUT2D eigenvalue weighted by molar-refractivity contribution is 9.10. The van der Waals surface area contributed by atoms with Gasteiger partial charge in [0.2, 0.25) is 15.9 Å². The Morgan fingerprint density at radius 3 is 2.39 bits per heavy atom. The van der Waals surface area contributed by atoms with E-state index in [1.807, 2.05) is 5.43 Å². The van der Waals surface area contributed by atoms with Gasteiger partial charge in [-0.1, -0.05) is 28.1 Å². The second-order valence-corrected chi connectivity index (χ2v) is 6.62. The molecule has 0 atom stereocenters. The van der Waals surface area contributed by atoms with Crippen LogP contribution in [0.25, 0.3) is 0 Å². The first kappa shape index (κ1) is 15.1. The van der Waals surface area contributed by atoms with Crippen molar-refractivity contribution in [3.63, 3.8) is 0 Å². The number of hydrogen-bond donors (Lipinski definition) is 2. The standard InChI is InChI=1S/C10H14BrN3O3S/c1-18(16,17)14(7-10(15)13-12)6-8-2-4-9(11)5-3-8/h2-5H,6-7,12H2,1H3,(H,13,15). The van der Waals surface area contributed by atoms with E-state index in [1.54, 1.807) is 24.3 Å². The van der Waals surface area contributed by atoms with Crippen LogP contribution in [0.4, 0.5) is 0 Å². The average molecular weight is 336 g/mol. The van der Waals surface area contributed by atoms with E-state index in [4.69, 9.17) is 5.84 Å². The molecule has 0 aliphatic rings. The highest BCUT2D eigenvalue weighted by atomic mass is 79.9. The molecule has 0 radical (unpaired) electrons. The average Bonchev–Trinajstić information content (AvgIpc) is 2.29. The Bertz CT molecular complexity index is 516. The Morgan fingerprint density at radius 2 is 1.94 bits per heavy atom. The summed E-state index contributed by atoms with van der Waals surface area (Å²) in [6.45, 7) is -0.176. The predicted molar refractivity (Wildman–Crippen MR) is 71.7 cm³/mol. The van der Waals surface area contributed by atoms with Gasteiger partial charge >= 0.3 is 0 Å². The molecule has 3 N–H and O–H groups in total. The quantitative estimate of drug-likeness (QED) is 0.456. The van der Waals surface area contributed by atoms with Crippen LogP contribution in [-0.2, 0) is 21.4 Å². The molecule has 0 spiro atoms. The SMILES string of the molecule is CS(=O)(=O)N(CC(=O)NN)Cc1ccc(Br)cc1. The van der Waals surface area contributed by atoms with Gasteiger partial charge in [-0.2, -0.15) is 4.31 Å². The third kappa shape index (κ3) is 4.73. The Labute approximate surface area is 114 Å². The number of hydrogen-bond acceptors (Lipinski definition) is 4. The van der Waals surface area contributed by atoms with Crippen LogP contribution >= 0.6 is 15.9 Å². The number of rotatable bonds is 5. The fourth-order valence-corrected chi connectivity index (χ4v) is 2.29. The third-order valence-electron chi connectivity index (χ3n) is 2.22. The van der Waals surface area contributed by atoms with E-state index >= 15 is 0 Å². The second-order valence-electron chi connectivity index (χ2n) is 3.73. The van der Waals surface area contributed by atoms with E-state index < -0.39 is 15.9 Å². The van der Waals surface area contributed by atoms with Crippen molar-refractivity contribution in [2.45, 2.75) is 6.54 Å². The van der Waals surface area contributed by atoms with E-state index in [-0.39, 0.29) is 13.1 Å². The van der Waals surface area contributed by atoms with E-state index in [9.17, 15) is 13.2 Å². The van der Waals surface area contributed by atoms with E-state index in [2.05, 4.69) is 15.9 Å². The van der Waals surface area contributed by atoms with Crippen LogP contribution in [0.1, 0.15) is 5.56 Å². The summed E-state index contributed by atoms with van der Waals surface area (Å²) >= 11 is 3.29. The minimum atomic E-state index is -3.47. The molecule has 0 aliphatic carbocycles. The van der Waals surface area contributed by atoms with Crippen LogP contribution in [0.15, 0.2) is 28.7 Å². The lowest BCUT2D eigenvalue weighted by Crippen LogP contribution is -2.42. The lowest BCUT2D eigenvalue weighted by atomic mass is 10.2. The Morgan fingerprint density at radius 1 is 1.39 bits per heavy atom. The minimum absolute atomic E-state index is 0.125. The topological polar surface area (TPSA) is 92.5 Å². The number of amides is 1. The summed E-state index contributed by atoms with van der Waals surface area (Å²) in [5.74, 6) is 4.39. The molecule has 0 bridgehead atoms. The molecule has 0 unspecified atom stereocenters. The first-order valence-electron chi connectivity index (χ1n) is 5.02. The van der Waals surface area contributed by atoms with Gasteiger partial charge in [0.1, 0.15) is 0 Å². The molecule has 1 amide bonds. The zero-order valence-corrected chi connectivity index (χ0v) is 12.2. The zero-order chi connectivity index (χ0) is 13.8. The van der Waals surface area contributed by atoms with Crippen molar-refractivity contribution in [3.8, 4) is 0 Å². The van der Waals surface area contributed by atoms with Gasteiger partial charge in [0, 0.05) is 11.0 Å². The summed E-state index contributed by atoms with van der Waals surface area (Å²) in [4.78, 5) is 11.2. The number of carbonyl (C=O) groups excluding carboxylic acids is 1. The molecule has 0 aromatic heterocycles. The fraction of sp³-hybridized carbons (Fsp3) is 0.300. The van der Waals surface area contributed by atoms with Gasteiger partial charge in [-0.15, -0.1) is 0 Å². The molecule has 18 heavy (non-hydrogen) atoms. The Kier molecular flexibility index (Phi) is 5.27. The molecule has 0 saturated heterocycles. The van der Waals surface area contributed by atoms with Gasteiger partial charge in [-0.3, -0.25) is 10.2 Å². The summed E-state index contributed by atoms with van der Waals surface area (Å²) in [6, 6.07) is 7.17. The van der Waals surface area contributed by atoms with Gasteiger partial charge in [0.15, 0.2) is 0 Å². The molecular weight excluding hydrogens is 322 g/mol. The maximum Gasteiger partial charge on any atom is 0.249 e. The lowest BCUT2D eigenvalue weighted by Gasteiger charge is -2.18. The van der Waals surface area contributed by atoms with Crippen LogP contribution in [0.2, 0.25) is 0 Å². The molecule has 0 heterocycles. The van der Waals surface area contributed by atoms with Crippen molar-refractivity contribution >= 4 is 31.9 Å². The molecular formula is C10H14BrN3O3S. The number of nitrogens with one attached hydrogen (secondary N) is 1. The summed E-state index contributed by atoms with van der Waals surface area (Å²) < 4.78 is 25.1. The highest BCUT2D eigenvalue weighted by Crippen LogP contribution is 2.13. The van der Waals surface area contributed by atoms with Gasteiger partial charge in [-0.05, 0) is 17.7 Å². The normalized spacial score (nSPS) is 11.6. The first-order chi connectivity index (χ1) is 8.32. The second kappa shape index (κ2) is 6.28. The molecule has 0 saturated carbocycles. The highest BCUT2D eigenvalue weighted by Gasteiger charge is 2.19. The zero-order valence-electron chi connectivity index (χ0n) is 9.76. The van der Waals surface area contributed by atoms with Crippen LogP contribution < -0.4 is 11.3 Å². The van der Waals surface area contributed by atoms with Gasteiger partial charge in [0.05, 0.1) is 12.8 Å². The summed E-state index contributed by atoms with van der Waals surface area (Å²) in [6.07, 6.45) is 1.05. The summed E-state index contributed by atoms with van der Waals surface area (Å²) in [5.41, 5.74) is 2.70. The largest absolute Gasteiger partial charge is 0.293 e. The molecule has 1 aromatic carbocycles. The number of nitrogens with zero attached hydrogens (tertiary/aromatic N) is 1. The van der Waals surface area contributed by atoms with E-state index in [0.717, 1.165) is 20.6 Å². The van der Waals surface area contributed by atoms with Gasteiger partial charge < -0.3 is 0 Å². The van der Waals surface area contributed by atoms with Gasteiger partial charge in [0.25, 0.3) is 0 Å². The molecule has 100 valence electrons. The third-order valence-corrected chi connectivity index (χ3v) is 3.95. The number of halogens is 1. The summed E-state index contributed by atoms with van der Waals surface area (Å²) in [5, 5.41) is 0. The first-order valence-corrected chi connectivity index (χ1v) is 7.66. The maximum absolute atomic E-state index is 11.5. The molecule has 8 heteroatoms. The Balaban J connectivity index is 2.85. The van der Waals surface area contributed by atoms with Crippen molar-refractivity contribution in [3.05, 3.63) is 34.3 Å². The van der Waals surface area contributed by atoms with E-state index in [0.29, 0.717) is 0 Å². The van der Waals surface area contributed by atoms with Crippen molar-refractivity contribution < 1.29 is 13.2 Å². The van der Waals surface area contributed by atoms with Crippen molar-refractivity contribution in [1.82, 2.24) is 9.73 Å². The fourth-order valence-electron chi connectivity index (χ4n) is 1.29. The molecule has 6 nitrogen and oxygen atoms in total. The molecule has 0 fully saturated rings. The van der Waals surface area contributed by atoms with Crippen LogP contribution in [0, 0.1) is 0 Å². The monoisotopic (exact) mass is 335 g/mol. The maximum atomic E-state index is 11.5. The summed E-state index contributed by atoms with van der Waals surface area (Å²) in [7, 11) is -3.47. The number of nitrogens with two attached hydrogens (primary N) is 1. The lowest BCUT2D eigenvalue weighted by molar-refractivity contribution is -0.121. The number of sulfonamides is 1. The minimum Gasteiger partial charge on any atom is -0.293 e. The smallest absolute Gasteiger partial charge is 0.249 e. The Hall–Kier alpha value is -0.960. The number of benzene rings is 1. The van der Waals surface area contributed by atoms with Gasteiger partial charge in [-0.25, -0.2) is 14.3 Å². The van der Waals surface area contributed by atoms with Crippen molar-refractivity contribution in [2.75, 3.05) is 12.8 Å². The van der Waals surface area contributed by atoms with E-state index in [1.165, 1.54) is 0 Å². The number of hydrazine groups is 1. The predicted octanol–water partition coefficient (Wildman–Crippen LogP) is 0.201. The molecule has 1 rings (SSSR count). The van der Waals surface area contributed by atoms with Crippen LogP contribution in [0.5, 0.6) is 0 Å². The molecule has 1 aromatic rings. The van der Waals surface area contributed by atoms with Crippen molar-refractivity contribution in [1.29, 1.82) is 0 Å².